The third kappa shape index (κ3) is 19.5. The molecule has 4 aromatic carbocycles. The highest BCUT2D eigenvalue weighted by Crippen LogP contribution is 2.31. The molecule has 2 amide bonds. The quantitative estimate of drug-likeness (QED) is 0.0214. The Morgan fingerprint density at radius 3 is 1.33 bits per heavy atom. The van der Waals surface area contributed by atoms with Crippen LogP contribution in [0.5, 0.6) is 0 Å². The van der Waals surface area contributed by atoms with Crippen molar-refractivity contribution in [1.29, 1.82) is 0 Å². The second-order valence-electron chi connectivity index (χ2n) is 21.4. The van der Waals surface area contributed by atoms with E-state index in [9.17, 15) is 75.2 Å². The van der Waals surface area contributed by atoms with Gasteiger partial charge in [0.05, 0.1) is 26.7 Å². The van der Waals surface area contributed by atoms with Crippen molar-refractivity contribution in [3.8, 4) is 0 Å². The van der Waals surface area contributed by atoms with E-state index in [-0.39, 0.29) is 96.7 Å². The normalized spacial score (nSPS) is 12.5. The molecule has 1 aromatic heterocycles. The van der Waals surface area contributed by atoms with Crippen LogP contribution in [-0.2, 0) is 50.8 Å². The summed E-state index contributed by atoms with van der Waals surface area (Å²) in [6.07, 6.45) is -0.232. The zero-order valence-corrected chi connectivity index (χ0v) is 50.5. The molecule has 31 heteroatoms. The largest absolute Gasteiger partial charge is 0.444 e. The number of fused-ring (bicyclic) bond motifs is 1. The lowest BCUT2D eigenvalue weighted by Gasteiger charge is -2.26. The van der Waals surface area contributed by atoms with Crippen LogP contribution in [-0.4, -0.2) is 163 Å². The number of alkyl carbamates (subject to hydrolysis) is 1. The van der Waals surface area contributed by atoms with Gasteiger partial charge in [0.2, 0.25) is 36.0 Å². The van der Waals surface area contributed by atoms with Gasteiger partial charge in [-0.2, -0.15) is 18.0 Å². The number of para-hydroxylation sites is 4. The minimum atomic E-state index is -4.79. The molecule has 0 bridgehead atoms. The Hall–Kier alpha value is -7.52. The number of nitro benzene ring substituents is 3. The number of nitro groups is 3. The van der Waals surface area contributed by atoms with E-state index < -0.39 is 120 Å². The number of amides is 2. The number of sulfonamides is 3. The summed E-state index contributed by atoms with van der Waals surface area (Å²) in [6.45, 7) is 7.75. The Morgan fingerprint density at radius 2 is 0.882 bits per heavy atom. The van der Waals surface area contributed by atoms with E-state index in [1.54, 1.807) is 72.0 Å². The van der Waals surface area contributed by atoms with Crippen LogP contribution in [0.3, 0.4) is 0 Å². The molecule has 0 aliphatic heterocycles. The Labute approximate surface area is 493 Å². The van der Waals surface area contributed by atoms with Gasteiger partial charge in [0, 0.05) is 95.2 Å². The van der Waals surface area contributed by atoms with E-state index in [0.29, 0.717) is 16.5 Å². The van der Waals surface area contributed by atoms with Crippen LogP contribution in [0.4, 0.5) is 26.7 Å². The van der Waals surface area contributed by atoms with Crippen molar-refractivity contribution in [2.75, 3.05) is 65.4 Å². The number of carbonyl (C=O) groups is 3. The Bertz CT molecular complexity index is 3530. The molecule has 85 heavy (non-hydrogen) atoms. The lowest BCUT2D eigenvalue weighted by molar-refractivity contribution is -0.388. The monoisotopic (exact) mass is 1240 g/mol. The highest BCUT2D eigenvalue weighted by atomic mass is 32.2. The summed E-state index contributed by atoms with van der Waals surface area (Å²) in [5, 5.41) is 53.9. The summed E-state index contributed by atoms with van der Waals surface area (Å²) < 4.78 is 101. The van der Waals surface area contributed by atoms with E-state index in [1.165, 1.54) is 41.0 Å². The Balaban J connectivity index is 1.30. The summed E-state index contributed by atoms with van der Waals surface area (Å²) in [5.74, 6) is -0.366. The number of nitrogens with zero attached hydrogens (tertiary/aromatic N) is 8. The number of nitrogens with one attached hydrogen (secondary N) is 2. The van der Waals surface area contributed by atoms with Gasteiger partial charge in [0.15, 0.2) is 14.7 Å². The highest BCUT2D eigenvalue weighted by molar-refractivity contribution is 7.89. The molecule has 0 spiro atoms. The first kappa shape index (κ1) is 68.3. The Kier molecular flexibility index (Phi) is 24.1. The fourth-order valence-electron chi connectivity index (χ4n) is 8.83. The fraction of sp³-hybridized carbons (Fsp3) is 0.463. The lowest BCUT2D eigenvalue weighted by atomic mass is 10.1. The van der Waals surface area contributed by atoms with Gasteiger partial charge < -0.3 is 25.3 Å². The molecule has 5 aromatic rings. The third-order valence-electron chi connectivity index (χ3n) is 12.6. The molecular formula is C54H72N10O18S3. The predicted octanol–water partition coefficient (Wildman–Crippen LogP) is 7.44. The number of rotatable bonds is 32. The van der Waals surface area contributed by atoms with Crippen molar-refractivity contribution in [1.82, 2.24) is 33.2 Å². The molecule has 0 atom stereocenters. The number of unbranched alkanes of at least 4 members (excludes halogenated alkanes) is 1. The summed E-state index contributed by atoms with van der Waals surface area (Å²) in [7, 11) is -14.1. The van der Waals surface area contributed by atoms with Gasteiger partial charge in [-0.15, -0.1) is 0 Å². The SMILES string of the molecule is CC(C)(C)OC(=O)NCCCN(CCCCN(CCCN(CCCN(O)CCCNC(=O)Cc1cn(C(=O)OC(C)(C)C)c2ccccc12)S(=O)(=O)c1ccccc1[N+](=O)[O-])S(=O)(=O)c1ccccc1[N+](=O)[O-])S(=O)(=O)c1ccccc1[N+](=O)[O-]. The molecule has 0 aliphatic rings. The molecule has 5 rings (SSSR count). The van der Waals surface area contributed by atoms with Crippen molar-refractivity contribution >= 4 is 76.1 Å². The molecule has 464 valence electrons. The van der Waals surface area contributed by atoms with Crippen molar-refractivity contribution < 1.29 is 69.1 Å². The first-order valence-electron chi connectivity index (χ1n) is 27.1. The number of ether oxygens (including phenoxy) is 2. The second kappa shape index (κ2) is 30.0. The van der Waals surface area contributed by atoms with Gasteiger partial charge in [-0.25, -0.2) is 34.8 Å². The van der Waals surface area contributed by atoms with E-state index in [0.717, 1.165) is 54.4 Å². The second-order valence-corrected chi connectivity index (χ2v) is 27.2. The molecule has 0 unspecified atom stereocenters. The average Bonchev–Trinajstić information content (AvgIpc) is 2.44. The van der Waals surface area contributed by atoms with Crippen molar-refractivity contribution in [2.24, 2.45) is 0 Å². The lowest BCUT2D eigenvalue weighted by Crippen LogP contribution is -2.39. The number of hydrogen-bond donors (Lipinski definition) is 3. The maximum absolute atomic E-state index is 14.5. The molecule has 0 saturated heterocycles. The van der Waals surface area contributed by atoms with Crippen LogP contribution in [0, 0.1) is 30.3 Å². The van der Waals surface area contributed by atoms with E-state index in [2.05, 4.69) is 10.6 Å². The number of aromatic nitrogens is 1. The Morgan fingerprint density at radius 1 is 0.518 bits per heavy atom. The van der Waals surface area contributed by atoms with Gasteiger partial charge >= 0.3 is 12.2 Å². The number of carbonyl (C=O) groups excluding carboxylic acids is 3. The minimum absolute atomic E-state index is 0.00869. The van der Waals surface area contributed by atoms with E-state index in [4.69, 9.17) is 9.47 Å². The average molecular weight is 1250 g/mol. The number of benzene rings is 4. The smallest absolute Gasteiger partial charge is 0.419 e. The van der Waals surface area contributed by atoms with Crippen molar-refractivity contribution in [3.63, 3.8) is 0 Å². The van der Waals surface area contributed by atoms with Crippen LogP contribution >= 0.6 is 0 Å². The highest BCUT2D eigenvalue weighted by Gasteiger charge is 2.35. The third-order valence-corrected chi connectivity index (χ3v) is 18.5. The molecule has 0 radical (unpaired) electrons. The summed E-state index contributed by atoms with van der Waals surface area (Å²) in [5.41, 5.74) is -2.68. The standard InChI is InChI=1S/C54H72N10O18S3/c1-53(2,3)81-51(66)56-30-18-35-58(83(75,76)47-26-12-9-23-44(47)62(69)70)33-15-16-34-59(84(77,78)48-27-13-10-24-45(48)63(71)72)37-20-38-60(85(79,80)49-28-14-11-25-46(49)64(73)74)36-19-32-57(68)31-17-29-55-50(65)39-41-40-61(52(67)82-54(4,5)6)43-22-8-7-21-42(41)43/h7-14,21-28,40,68H,15-20,29-39H2,1-6H3,(H,55,65)(H,56,66). The number of hydroxylamine groups is 2. The minimum Gasteiger partial charge on any atom is -0.444 e. The van der Waals surface area contributed by atoms with Gasteiger partial charge in [-0.3, -0.25) is 39.7 Å². The molecule has 28 nitrogen and oxygen atoms in total. The van der Waals surface area contributed by atoms with Gasteiger partial charge in [0.25, 0.3) is 17.1 Å². The zero-order valence-electron chi connectivity index (χ0n) is 48.0. The van der Waals surface area contributed by atoms with Crippen molar-refractivity contribution in [3.05, 3.63) is 139 Å². The fourth-order valence-corrected chi connectivity index (χ4v) is 13.9. The molecule has 0 saturated carbocycles. The van der Waals surface area contributed by atoms with Gasteiger partial charge in [-0.1, -0.05) is 54.6 Å². The molecular weight excluding hydrogens is 1170 g/mol. The number of hydrogen-bond acceptors (Lipinski definition) is 19. The van der Waals surface area contributed by atoms with Crippen LogP contribution in [0.25, 0.3) is 10.9 Å². The molecule has 0 aliphatic carbocycles. The van der Waals surface area contributed by atoms with Gasteiger partial charge in [0.1, 0.15) is 11.2 Å². The maximum Gasteiger partial charge on any atom is 0.419 e. The van der Waals surface area contributed by atoms with Crippen LogP contribution in [0.2, 0.25) is 0 Å². The topological polar surface area (TPSA) is 364 Å². The summed E-state index contributed by atoms with van der Waals surface area (Å²) >= 11 is 0. The molecule has 3 N–H and O–H groups in total. The first-order chi connectivity index (χ1) is 39.8. The van der Waals surface area contributed by atoms with E-state index in [1.807, 2.05) is 0 Å². The molecule has 1 heterocycles. The van der Waals surface area contributed by atoms with Gasteiger partial charge in [-0.05, 0) is 110 Å². The van der Waals surface area contributed by atoms with Crippen LogP contribution < -0.4 is 10.6 Å². The summed E-state index contributed by atoms with van der Waals surface area (Å²) in [6, 6.07) is 20.8. The van der Waals surface area contributed by atoms with E-state index >= 15 is 0 Å². The van der Waals surface area contributed by atoms with Crippen LogP contribution in [0.1, 0.15) is 85.6 Å². The molecule has 0 fully saturated rings. The maximum atomic E-state index is 14.5. The zero-order chi connectivity index (χ0) is 62.9. The summed E-state index contributed by atoms with van der Waals surface area (Å²) in [4.78, 5) is 69.9. The van der Waals surface area contributed by atoms with Crippen LogP contribution in [0.15, 0.2) is 118 Å². The predicted molar refractivity (Wildman–Crippen MR) is 311 cm³/mol. The van der Waals surface area contributed by atoms with Crippen molar-refractivity contribution in [2.45, 2.75) is 112 Å². The first-order valence-corrected chi connectivity index (χ1v) is 31.4.